The van der Waals surface area contributed by atoms with E-state index >= 15 is 0 Å². The number of methoxy groups -OCH3 is 1. The molecule has 2 heterocycles. The normalized spacial score (nSPS) is 14.8. The Bertz CT molecular complexity index is 1400. The first-order valence-electron chi connectivity index (χ1n) is 12.5. The summed E-state index contributed by atoms with van der Waals surface area (Å²) in [5.74, 6) is 1.62. The van der Waals surface area contributed by atoms with Crippen molar-refractivity contribution >= 4 is 32.4 Å². The summed E-state index contributed by atoms with van der Waals surface area (Å²) < 4.78 is 7.77. The standard InChI is InChI=1S/C29H37N5OS/c1-29(2,3)36(6,7)25-13-23(12-24(15-25)35-5)34(18-20-8-9-20)22-10-11-26-27(14-22)32-28(17-30-26)21-16-31-33(4)19-21/h10-17,19-20H,8-9,18H2,1-7H3. The third kappa shape index (κ3) is 4.81. The molecule has 5 rings (SSSR count). The van der Waals surface area contributed by atoms with E-state index in [-0.39, 0.29) is 4.75 Å². The molecule has 4 aromatic rings. The Morgan fingerprint density at radius 3 is 2.44 bits per heavy atom. The van der Waals surface area contributed by atoms with Crippen LogP contribution in [0.5, 0.6) is 5.75 Å². The quantitative estimate of drug-likeness (QED) is 0.277. The van der Waals surface area contributed by atoms with Crippen LogP contribution in [-0.4, -0.2) is 50.7 Å². The molecule has 0 bridgehead atoms. The van der Waals surface area contributed by atoms with Gasteiger partial charge in [-0.15, -0.1) is 0 Å². The molecule has 0 amide bonds. The fraction of sp³-hybridized carbons (Fsp3) is 0.414. The van der Waals surface area contributed by atoms with Gasteiger partial charge in [0.05, 0.1) is 36.2 Å². The van der Waals surface area contributed by atoms with Crippen molar-refractivity contribution < 1.29 is 4.74 Å². The van der Waals surface area contributed by atoms with Crippen molar-refractivity contribution in [3.8, 4) is 17.0 Å². The number of hydrogen-bond acceptors (Lipinski definition) is 5. The molecule has 0 saturated heterocycles. The molecular formula is C29H37N5OS. The summed E-state index contributed by atoms with van der Waals surface area (Å²) in [6, 6.07) is 13.2. The summed E-state index contributed by atoms with van der Waals surface area (Å²) in [4.78, 5) is 13.4. The predicted octanol–water partition coefficient (Wildman–Crippen LogP) is 6.81. The first-order chi connectivity index (χ1) is 17.0. The summed E-state index contributed by atoms with van der Waals surface area (Å²) in [7, 11) is 2.61. The molecule has 0 aliphatic heterocycles. The third-order valence-corrected chi connectivity index (χ3v) is 12.0. The average molecular weight is 504 g/mol. The molecule has 0 spiro atoms. The number of fused-ring (bicyclic) bond motifs is 1. The van der Waals surface area contributed by atoms with Gasteiger partial charge >= 0.3 is 0 Å². The first kappa shape index (κ1) is 24.6. The van der Waals surface area contributed by atoms with Gasteiger partial charge in [0.1, 0.15) is 5.75 Å². The van der Waals surface area contributed by atoms with E-state index in [1.807, 2.05) is 25.6 Å². The molecule has 190 valence electrons. The largest absolute Gasteiger partial charge is 0.497 e. The molecule has 1 fully saturated rings. The van der Waals surface area contributed by atoms with Gasteiger partial charge in [0.15, 0.2) is 0 Å². The van der Waals surface area contributed by atoms with Gasteiger partial charge < -0.3 is 9.64 Å². The number of aromatic nitrogens is 4. The Hall–Kier alpha value is -3.06. The van der Waals surface area contributed by atoms with Crippen LogP contribution in [0.2, 0.25) is 0 Å². The predicted molar refractivity (Wildman–Crippen MR) is 152 cm³/mol. The Labute approximate surface area is 216 Å². The van der Waals surface area contributed by atoms with Crippen LogP contribution in [-0.2, 0) is 7.05 Å². The second kappa shape index (κ2) is 9.11. The number of rotatable bonds is 7. The van der Waals surface area contributed by atoms with Crippen LogP contribution in [0.4, 0.5) is 11.4 Å². The van der Waals surface area contributed by atoms with E-state index in [1.54, 1.807) is 11.8 Å². The highest BCUT2D eigenvalue weighted by molar-refractivity contribution is 8.33. The van der Waals surface area contributed by atoms with Crippen LogP contribution in [0.1, 0.15) is 33.6 Å². The highest BCUT2D eigenvalue weighted by Crippen LogP contribution is 2.60. The van der Waals surface area contributed by atoms with Crippen LogP contribution in [0, 0.1) is 5.92 Å². The molecule has 1 aliphatic rings. The van der Waals surface area contributed by atoms with E-state index in [1.165, 1.54) is 23.4 Å². The zero-order valence-corrected chi connectivity index (χ0v) is 23.3. The van der Waals surface area contributed by atoms with Crippen molar-refractivity contribution in [1.82, 2.24) is 19.7 Å². The minimum atomic E-state index is -1.07. The van der Waals surface area contributed by atoms with Gasteiger partial charge in [-0.2, -0.15) is 5.10 Å². The average Bonchev–Trinajstić information content (AvgIpc) is 3.57. The number of benzene rings is 2. The van der Waals surface area contributed by atoms with Gasteiger partial charge in [0, 0.05) is 42.8 Å². The number of nitrogens with zero attached hydrogens (tertiary/aromatic N) is 5. The summed E-state index contributed by atoms with van der Waals surface area (Å²) in [6.07, 6.45) is 13.0. The van der Waals surface area contributed by atoms with E-state index in [2.05, 4.69) is 84.7 Å². The Morgan fingerprint density at radius 1 is 1.03 bits per heavy atom. The summed E-state index contributed by atoms with van der Waals surface area (Å²) >= 11 is 0. The lowest BCUT2D eigenvalue weighted by atomic mass is 10.2. The van der Waals surface area contributed by atoms with E-state index < -0.39 is 10.0 Å². The van der Waals surface area contributed by atoms with Crippen molar-refractivity contribution in [1.29, 1.82) is 0 Å². The van der Waals surface area contributed by atoms with Gasteiger partial charge in [-0.25, -0.2) is 15.0 Å². The van der Waals surface area contributed by atoms with Crippen molar-refractivity contribution in [2.75, 3.05) is 31.1 Å². The van der Waals surface area contributed by atoms with Gasteiger partial charge in [0.25, 0.3) is 0 Å². The zero-order valence-electron chi connectivity index (χ0n) is 22.4. The van der Waals surface area contributed by atoms with Crippen molar-refractivity contribution in [3.05, 3.63) is 55.0 Å². The fourth-order valence-electron chi connectivity index (χ4n) is 4.26. The Balaban J connectivity index is 1.60. The van der Waals surface area contributed by atoms with E-state index in [9.17, 15) is 0 Å². The maximum atomic E-state index is 5.80. The number of anilines is 2. The minimum absolute atomic E-state index is 0.180. The van der Waals surface area contributed by atoms with Crippen molar-refractivity contribution in [2.24, 2.45) is 13.0 Å². The highest BCUT2D eigenvalue weighted by atomic mass is 32.3. The molecular weight excluding hydrogens is 466 g/mol. The Morgan fingerprint density at radius 2 is 1.81 bits per heavy atom. The molecule has 1 saturated carbocycles. The van der Waals surface area contributed by atoms with E-state index in [0.717, 1.165) is 40.3 Å². The lowest BCUT2D eigenvalue weighted by Crippen LogP contribution is -2.24. The van der Waals surface area contributed by atoms with Gasteiger partial charge in [0.2, 0.25) is 0 Å². The molecule has 36 heavy (non-hydrogen) atoms. The van der Waals surface area contributed by atoms with Crippen LogP contribution in [0.3, 0.4) is 0 Å². The second-order valence-corrected chi connectivity index (χ2v) is 15.5. The Kier molecular flexibility index (Phi) is 6.23. The fourth-order valence-corrected chi connectivity index (χ4v) is 5.79. The van der Waals surface area contributed by atoms with Gasteiger partial charge in [-0.3, -0.25) is 9.67 Å². The highest BCUT2D eigenvalue weighted by Gasteiger charge is 2.31. The number of aryl methyl sites for hydroxylation is 1. The zero-order chi connectivity index (χ0) is 25.7. The van der Waals surface area contributed by atoms with Crippen molar-refractivity contribution in [2.45, 2.75) is 43.3 Å². The van der Waals surface area contributed by atoms with E-state index in [0.29, 0.717) is 5.92 Å². The number of ether oxygens (including phenoxy) is 1. The maximum absolute atomic E-state index is 5.80. The minimum Gasteiger partial charge on any atom is -0.497 e. The molecule has 7 heteroatoms. The number of hydrogen-bond donors (Lipinski definition) is 0. The summed E-state index contributed by atoms with van der Waals surface area (Å²) in [5.41, 5.74) is 5.89. The lowest BCUT2D eigenvalue weighted by molar-refractivity contribution is 0.413. The van der Waals surface area contributed by atoms with Crippen LogP contribution in [0.15, 0.2) is 59.9 Å². The van der Waals surface area contributed by atoms with Crippen LogP contribution in [0.25, 0.3) is 22.3 Å². The molecule has 2 aromatic carbocycles. The summed E-state index contributed by atoms with van der Waals surface area (Å²) in [6.45, 7) is 8.00. The van der Waals surface area contributed by atoms with Gasteiger partial charge in [-0.1, -0.05) is 20.8 Å². The molecule has 0 N–H and O–H groups in total. The first-order valence-corrected chi connectivity index (χ1v) is 15.0. The van der Waals surface area contributed by atoms with Crippen LogP contribution >= 0.6 is 10.0 Å². The van der Waals surface area contributed by atoms with E-state index in [4.69, 9.17) is 9.72 Å². The lowest BCUT2D eigenvalue weighted by Gasteiger charge is -2.45. The monoisotopic (exact) mass is 503 g/mol. The topological polar surface area (TPSA) is 56.1 Å². The third-order valence-electron chi connectivity index (χ3n) is 7.51. The molecule has 1 aliphatic carbocycles. The van der Waals surface area contributed by atoms with Gasteiger partial charge in [-0.05, 0) is 71.2 Å². The molecule has 6 nitrogen and oxygen atoms in total. The maximum Gasteiger partial charge on any atom is 0.122 e. The second-order valence-electron chi connectivity index (χ2n) is 11.2. The van der Waals surface area contributed by atoms with Crippen molar-refractivity contribution in [3.63, 3.8) is 0 Å². The smallest absolute Gasteiger partial charge is 0.122 e. The molecule has 2 aromatic heterocycles. The van der Waals surface area contributed by atoms with Crippen LogP contribution < -0.4 is 9.64 Å². The molecule has 0 radical (unpaired) electrons. The molecule has 0 atom stereocenters. The summed E-state index contributed by atoms with van der Waals surface area (Å²) in [5, 5.41) is 4.29. The molecule has 0 unspecified atom stereocenters. The SMILES string of the molecule is COc1cc(N(CC2CC2)c2ccc3ncc(-c4cnn(C)c4)nc3c2)cc(S(C)(C)C(C)(C)C)c1.